The molecular weight excluding hydrogens is 328 g/mol. The van der Waals surface area contributed by atoms with E-state index in [1.807, 2.05) is 20.8 Å². The Morgan fingerprint density at radius 3 is 1.90 bits per heavy atom. The van der Waals surface area contributed by atoms with Gasteiger partial charge in [0.25, 0.3) is 10.0 Å². The monoisotopic (exact) mass is 349 g/mol. The summed E-state index contributed by atoms with van der Waals surface area (Å²) < 4.78 is 75.2. The van der Waals surface area contributed by atoms with Crippen LogP contribution in [0.3, 0.4) is 0 Å². The van der Waals surface area contributed by atoms with Gasteiger partial charge < -0.3 is 0 Å². The lowest BCUT2D eigenvalue weighted by Gasteiger charge is -2.40. The van der Waals surface area contributed by atoms with E-state index in [0.717, 1.165) is 6.42 Å². The third-order valence-electron chi connectivity index (χ3n) is 4.41. The van der Waals surface area contributed by atoms with Crippen LogP contribution in [-0.4, -0.2) is 43.4 Å². The molecule has 10 heteroatoms. The van der Waals surface area contributed by atoms with Crippen molar-refractivity contribution in [1.29, 1.82) is 0 Å². The molecule has 0 aromatic carbocycles. The van der Waals surface area contributed by atoms with Gasteiger partial charge in [-0.15, -0.1) is 0 Å². The molecule has 1 N–H and O–H groups in total. The van der Waals surface area contributed by atoms with Crippen molar-refractivity contribution in [2.24, 2.45) is 11.3 Å². The molecule has 1 fully saturated rings. The predicted molar refractivity (Wildman–Crippen MR) is 73.8 cm³/mol. The summed E-state index contributed by atoms with van der Waals surface area (Å²) in [7, 11) is -11.5. The van der Waals surface area contributed by atoms with Gasteiger partial charge >= 0.3 is 14.7 Å². The fourth-order valence-electron chi connectivity index (χ4n) is 2.45. The Bertz CT molecular complexity index is 578. The zero-order valence-electron chi connectivity index (χ0n) is 12.2. The summed E-state index contributed by atoms with van der Waals surface area (Å²) in [4.78, 5) is 0. The van der Waals surface area contributed by atoms with Crippen LogP contribution in [0.5, 0.6) is 0 Å². The van der Waals surface area contributed by atoms with Crippen LogP contribution in [0.1, 0.15) is 40.0 Å². The molecule has 0 saturated carbocycles. The maximum atomic E-state index is 13.4. The van der Waals surface area contributed by atoms with Crippen molar-refractivity contribution in [3.8, 4) is 0 Å². The number of nitrogens with zero attached hydrogens (tertiary/aromatic N) is 1. The zero-order valence-corrected chi connectivity index (χ0v) is 13.8. The van der Waals surface area contributed by atoms with E-state index in [9.17, 15) is 25.6 Å². The molecule has 0 bridgehead atoms. The van der Waals surface area contributed by atoms with E-state index in [1.54, 1.807) is 0 Å². The van der Waals surface area contributed by atoms with E-state index in [1.165, 1.54) is 0 Å². The summed E-state index contributed by atoms with van der Waals surface area (Å²) in [6.07, 6.45) is 1.62. The van der Waals surface area contributed by atoms with Crippen LogP contribution in [0.2, 0.25) is 0 Å². The molecule has 0 spiro atoms. The van der Waals surface area contributed by atoms with Gasteiger partial charge in [-0.3, -0.25) is 4.55 Å². The Balaban J connectivity index is 2.93. The van der Waals surface area contributed by atoms with Gasteiger partial charge in [-0.2, -0.15) is 21.5 Å². The minimum atomic E-state index is -6.02. The quantitative estimate of drug-likeness (QED) is 0.766. The molecular formula is C11H21F2NO5S2. The lowest BCUT2D eigenvalue weighted by Crippen LogP contribution is -2.51. The van der Waals surface area contributed by atoms with Gasteiger partial charge in [-0.25, -0.2) is 8.42 Å². The van der Waals surface area contributed by atoms with Crippen LogP contribution in [0.4, 0.5) is 8.78 Å². The number of hydrogen-bond donors (Lipinski definition) is 1. The third-order valence-corrected chi connectivity index (χ3v) is 7.92. The molecule has 0 aliphatic carbocycles. The van der Waals surface area contributed by atoms with Gasteiger partial charge in [0.1, 0.15) is 0 Å². The Labute approximate surface area is 124 Å². The van der Waals surface area contributed by atoms with Crippen LogP contribution in [0, 0.1) is 11.3 Å². The van der Waals surface area contributed by atoms with Crippen LogP contribution in [0.25, 0.3) is 0 Å². The fraction of sp³-hybridized carbons (Fsp3) is 1.00. The van der Waals surface area contributed by atoms with E-state index in [4.69, 9.17) is 4.55 Å². The van der Waals surface area contributed by atoms with Crippen molar-refractivity contribution in [2.75, 3.05) is 13.1 Å². The first-order chi connectivity index (χ1) is 9.27. The molecule has 0 amide bonds. The van der Waals surface area contributed by atoms with Gasteiger partial charge in [-0.05, 0) is 24.2 Å². The number of hydrogen-bond acceptors (Lipinski definition) is 4. The van der Waals surface area contributed by atoms with Crippen molar-refractivity contribution >= 4 is 20.1 Å². The third kappa shape index (κ3) is 3.38. The highest BCUT2D eigenvalue weighted by molar-refractivity contribution is 8.06. The largest absolute Gasteiger partial charge is 0.484 e. The van der Waals surface area contributed by atoms with Crippen molar-refractivity contribution in [1.82, 2.24) is 4.31 Å². The van der Waals surface area contributed by atoms with E-state index >= 15 is 0 Å². The summed E-state index contributed by atoms with van der Waals surface area (Å²) in [6.45, 7) is 5.68. The van der Waals surface area contributed by atoms with Crippen LogP contribution < -0.4 is 0 Å². The van der Waals surface area contributed by atoms with E-state index in [2.05, 4.69) is 0 Å². The van der Waals surface area contributed by atoms with E-state index in [-0.39, 0.29) is 24.4 Å². The summed E-state index contributed by atoms with van der Waals surface area (Å²) in [5.74, 6) is 0.174. The number of halogens is 2. The van der Waals surface area contributed by atoms with Crippen molar-refractivity contribution < 1.29 is 30.2 Å². The zero-order chi connectivity index (χ0) is 16.7. The van der Waals surface area contributed by atoms with Crippen molar-refractivity contribution in [3.63, 3.8) is 0 Å². The fourth-order valence-corrected chi connectivity index (χ4v) is 4.82. The summed E-state index contributed by atoms with van der Waals surface area (Å²) in [6, 6.07) is 0. The number of sulfonamides is 1. The molecule has 6 nitrogen and oxygen atoms in total. The number of piperidine rings is 1. The minimum absolute atomic E-state index is 0.0403. The van der Waals surface area contributed by atoms with E-state index in [0.29, 0.717) is 17.1 Å². The normalized spacial score (nSPS) is 20.7. The molecule has 21 heavy (non-hydrogen) atoms. The molecule has 1 saturated heterocycles. The highest BCUT2D eigenvalue weighted by Gasteiger charge is 2.60. The van der Waals surface area contributed by atoms with Gasteiger partial charge in [0, 0.05) is 13.1 Å². The van der Waals surface area contributed by atoms with Gasteiger partial charge in [0.2, 0.25) is 0 Å². The SMILES string of the molecule is CCC(C)(C)C1CCN(S(=O)(=O)C(F)(F)S(=O)(=O)O)CC1. The van der Waals surface area contributed by atoms with Crippen LogP contribution in [-0.2, 0) is 20.1 Å². The van der Waals surface area contributed by atoms with Crippen LogP contribution >= 0.6 is 0 Å². The first kappa shape index (κ1) is 18.7. The molecule has 0 unspecified atom stereocenters. The molecule has 0 atom stereocenters. The maximum Gasteiger partial charge on any atom is 0.484 e. The average molecular weight is 349 g/mol. The van der Waals surface area contributed by atoms with Crippen molar-refractivity contribution in [2.45, 2.75) is 44.6 Å². The second-order valence-corrected chi connectivity index (χ2v) is 9.66. The standard InChI is InChI=1S/C11H21F2NO5S2/c1-4-10(2,3)9-5-7-14(8-6-9)20(15,16)11(12,13)21(17,18)19/h9H,4-8H2,1-3H3,(H,17,18,19). The smallest absolute Gasteiger partial charge is 0.280 e. The second-order valence-electron chi connectivity index (χ2n) is 5.96. The number of alkyl halides is 2. The van der Waals surface area contributed by atoms with Gasteiger partial charge in [0.05, 0.1) is 0 Å². The molecule has 1 heterocycles. The summed E-state index contributed by atoms with van der Waals surface area (Å²) in [5.41, 5.74) is -0.0403. The topological polar surface area (TPSA) is 91.8 Å². The Hall–Kier alpha value is -0.320. The Morgan fingerprint density at radius 2 is 1.57 bits per heavy atom. The molecule has 1 aliphatic heterocycles. The first-order valence-corrected chi connectivity index (χ1v) is 9.50. The molecule has 126 valence electrons. The second kappa shape index (κ2) is 5.71. The molecule has 1 aliphatic rings. The predicted octanol–water partition coefficient (Wildman–Crippen LogP) is 1.90. The highest BCUT2D eigenvalue weighted by Crippen LogP contribution is 2.40. The Morgan fingerprint density at radius 1 is 1.14 bits per heavy atom. The van der Waals surface area contributed by atoms with Gasteiger partial charge in [-0.1, -0.05) is 27.2 Å². The number of rotatable bonds is 5. The lowest BCUT2D eigenvalue weighted by molar-refractivity contribution is 0.117. The lowest BCUT2D eigenvalue weighted by atomic mass is 9.72. The first-order valence-electron chi connectivity index (χ1n) is 6.62. The highest BCUT2D eigenvalue weighted by atomic mass is 32.3. The minimum Gasteiger partial charge on any atom is -0.280 e. The summed E-state index contributed by atoms with van der Waals surface area (Å²) >= 11 is 0. The van der Waals surface area contributed by atoms with Crippen molar-refractivity contribution in [3.05, 3.63) is 0 Å². The Kier molecular flexibility index (Phi) is 5.09. The molecule has 0 radical (unpaired) electrons. The molecule has 1 rings (SSSR count). The maximum absolute atomic E-state index is 13.4. The molecule has 0 aromatic heterocycles. The van der Waals surface area contributed by atoms with Crippen LogP contribution in [0.15, 0.2) is 0 Å². The van der Waals surface area contributed by atoms with Gasteiger partial charge in [0.15, 0.2) is 0 Å². The van der Waals surface area contributed by atoms with E-state index < -0.39 is 24.7 Å². The average Bonchev–Trinajstić information content (AvgIpc) is 2.37. The molecule has 0 aromatic rings. The summed E-state index contributed by atoms with van der Waals surface area (Å²) in [5, 5.41) is 0.